The molecule has 1 atom stereocenters. The summed E-state index contributed by atoms with van der Waals surface area (Å²) in [5.41, 5.74) is 3.17. The fourth-order valence-electron chi connectivity index (χ4n) is 5.56. The second kappa shape index (κ2) is 9.21. The van der Waals surface area contributed by atoms with E-state index in [9.17, 15) is 9.59 Å². The van der Waals surface area contributed by atoms with Gasteiger partial charge in [0, 0.05) is 49.0 Å². The molecule has 3 heterocycles. The summed E-state index contributed by atoms with van der Waals surface area (Å²) < 4.78 is 5.88. The predicted octanol–water partition coefficient (Wildman–Crippen LogP) is 3.22. The number of aromatic amines is 1. The number of likely N-dealkylation sites (tertiary alicyclic amines) is 2. The molecule has 9 heteroatoms. The molecule has 34 heavy (non-hydrogen) atoms. The minimum atomic E-state index is 0.0114. The Kier molecular flexibility index (Phi) is 6.27. The Morgan fingerprint density at radius 1 is 1.24 bits per heavy atom. The molecule has 0 radical (unpaired) electrons. The molecule has 2 aromatic rings. The lowest BCUT2D eigenvalue weighted by Gasteiger charge is -2.54. The van der Waals surface area contributed by atoms with E-state index in [1.54, 1.807) is 6.07 Å². The zero-order chi connectivity index (χ0) is 23.9. The van der Waals surface area contributed by atoms with Crippen LogP contribution in [0, 0.1) is 11.3 Å². The maximum atomic E-state index is 13.0. The van der Waals surface area contributed by atoms with E-state index in [4.69, 9.17) is 16.3 Å². The zero-order valence-corrected chi connectivity index (χ0v) is 20.6. The first-order valence-electron chi connectivity index (χ1n) is 12.2. The molecule has 0 bridgehead atoms. The number of H-pyrrole nitrogens is 1. The van der Waals surface area contributed by atoms with Crippen LogP contribution in [0.4, 0.5) is 0 Å². The van der Waals surface area contributed by atoms with Crippen LogP contribution in [-0.2, 0) is 22.4 Å². The van der Waals surface area contributed by atoms with E-state index >= 15 is 0 Å². The molecule has 182 valence electrons. The van der Waals surface area contributed by atoms with Gasteiger partial charge in [-0.15, -0.1) is 5.10 Å². The van der Waals surface area contributed by atoms with Crippen LogP contribution in [0.3, 0.4) is 0 Å². The van der Waals surface area contributed by atoms with E-state index in [0.29, 0.717) is 24.5 Å². The van der Waals surface area contributed by atoms with Gasteiger partial charge >= 0.3 is 0 Å². The average molecular weight is 486 g/mol. The number of ether oxygens (including phenoxy) is 1. The number of rotatable bonds is 5. The molecule has 1 unspecified atom stereocenters. The van der Waals surface area contributed by atoms with Gasteiger partial charge in [0.05, 0.1) is 11.4 Å². The lowest BCUT2D eigenvalue weighted by atomic mass is 9.71. The number of halogens is 1. The molecule has 8 nitrogen and oxygen atoms in total. The van der Waals surface area contributed by atoms with Crippen molar-refractivity contribution in [3.8, 4) is 5.75 Å². The first-order chi connectivity index (χ1) is 16.3. The van der Waals surface area contributed by atoms with Gasteiger partial charge in [-0.3, -0.25) is 14.7 Å². The lowest BCUT2D eigenvalue weighted by Crippen LogP contribution is -2.63. The van der Waals surface area contributed by atoms with Gasteiger partial charge in [0.2, 0.25) is 5.91 Å². The Bertz CT molecular complexity index is 1070. The smallest absolute Gasteiger partial charge is 0.260 e. The number of carbonyl (C=O) groups is 2. The minimum Gasteiger partial charge on any atom is -0.483 e. The van der Waals surface area contributed by atoms with Crippen molar-refractivity contribution in [1.29, 1.82) is 0 Å². The first-order valence-corrected chi connectivity index (χ1v) is 12.6. The molecule has 2 fully saturated rings. The monoisotopic (exact) mass is 485 g/mol. The van der Waals surface area contributed by atoms with Gasteiger partial charge < -0.3 is 14.5 Å². The van der Waals surface area contributed by atoms with Crippen molar-refractivity contribution < 1.29 is 14.3 Å². The third kappa shape index (κ3) is 4.52. The van der Waals surface area contributed by atoms with Crippen LogP contribution in [0.5, 0.6) is 5.75 Å². The van der Waals surface area contributed by atoms with Gasteiger partial charge in [-0.1, -0.05) is 30.7 Å². The molecule has 0 saturated carbocycles. The minimum absolute atomic E-state index is 0.0114. The number of carbonyl (C=O) groups excluding carboxylic acids is 2. The van der Waals surface area contributed by atoms with Crippen molar-refractivity contribution in [2.45, 2.75) is 51.9 Å². The molecule has 1 spiro atoms. The summed E-state index contributed by atoms with van der Waals surface area (Å²) in [6.45, 7) is 7.23. The highest BCUT2D eigenvalue weighted by atomic mass is 35.5. The Morgan fingerprint density at radius 3 is 2.74 bits per heavy atom. The van der Waals surface area contributed by atoms with Crippen LogP contribution < -0.4 is 4.74 Å². The largest absolute Gasteiger partial charge is 0.483 e. The molecule has 3 aliphatic rings. The highest BCUT2D eigenvalue weighted by molar-refractivity contribution is 6.30. The number of nitrogens with one attached hydrogen (secondary N) is 1. The third-order valence-electron chi connectivity index (χ3n) is 7.72. The molecule has 2 aliphatic heterocycles. The Hall–Kier alpha value is -2.61. The van der Waals surface area contributed by atoms with E-state index in [-0.39, 0.29) is 35.7 Å². The molecule has 1 aromatic carbocycles. The zero-order valence-electron chi connectivity index (χ0n) is 19.8. The number of fused-ring (bicyclic) bond motifs is 1. The summed E-state index contributed by atoms with van der Waals surface area (Å²) in [7, 11) is 0. The van der Waals surface area contributed by atoms with Gasteiger partial charge in [0.15, 0.2) is 6.61 Å². The maximum Gasteiger partial charge on any atom is 0.260 e. The number of aromatic nitrogens is 3. The highest BCUT2D eigenvalue weighted by Gasteiger charge is 2.48. The second-order valence-corrected chi connectivity index (χ2v) is 10.8. The van der Waals surface area contributed by atoms with E-state index < -0.39 is 0 Å². The topological polar surface area (TPSA) is 91.4 Å². The maximum absolute atomic E-state index is 13.0. The quantitative estimate of drug-likeness (QED) is 0.702. The summed E-state index contributed by atoms with van der Waals surface area (Å²) in [4.78, 5) is 29.7. The first kappa shape index (κ1) is 23.1. The molecular weight excluding hydrogens is 454 g/mol. The Balaban J connectivity index is 1.09. The van der Waals surface area contributed by atoms with Gasteiger partial charge in [-0.25, -0.2) is 0 Å². The molecule has 1 aliphatic carbocycles. The van der Waals surface area contributed by atoms with Crippen LogP contribution in [0.2, 0.25) is 5.02 Å². The van der Waals surface area contributed by atoms with Crippen molar-refractivity contribution in [3.05, 3.63) is 40.2 Å². The summed E-state index contributed by atoms with van der Waals surface area (Å²) in [6.07, 6.45) is 4.24. The van der Waals surface area contributed by atoms with Gasteiger partial charge in [-0.05, 0) is 55.4 Å². The van der Waals surface area contributed by atoms with Gasteiger partial charge in [0.25, 0.3) is 5.91 Å². The normalized spacial score (nSPS) is 21.4. The number of nitrogens with zero attached hydrogens (tertiary/aromatic N) is 4. The lowest BCUT2D eigenvalue weighted by molar-refractivity contribution is -0.154. The Labute approximate surface area is 205 Å². The number of hydrogen-bond donors (Lipinski definition) is 1. The average Bonchev–Trinajstić information content (AvgIpc) is 3.29. The second-order valence-electron chi connectivity index (χ2n) is 10.4. The summed E-state index contributed by atoms with van der Waals surface area (Å²) >= 11 is 6.12. The number of amides is 2. The fraction of sp³-hybridized carbons (Fsp3) is 0.600. The van der Waals surface area contributed by atoms with Crippen LogP contribution in [0.1, 0.15) is 56.0 Å². The standard InChI is InChI=1S/C25H32ClN5O3/c1-16(2)19-12-18(26)4-6-22(19)34-13-23(32)30-9-7-25(8-10-30)14-31(15-25)24(33)17-3-5-20-21(11-17)28-29-27-20/h4,6,12,16-17H,3,5,7-11,13-15H2,1-2H3,(H,27,28,29). The van der Waals surface area contributed by atoms with Crippen LogP contribution in [0.25, 0.3) is 0 Å². The molecule has 2 saturated heterocycles. The fourth-order valence-corrected chi connectivity index (χ4v) is 5.74. The van der Waals surface area contributed by atoms with E-state index in [2.05, 4.69) is 29.3 Å². The molecule has 2 amide bonds. The summed E-state index contributed by atoms with van der Waals surface area (Å²) in [5.74, 6) is 1.24. The van der Waals surface area contributed by atoms with Crippen molar-refractivity contribution in [2.24, 2.45) is 11.3 Å². The number of piperidine rings is 1. The Morgan fingerprint density at radius 2 is 2.00 bits per heavy atom. The molecule has 1 N–H and O–H groups in total. The SMILES string of the molecule is CC(C)c1cc(Cl)ccc1OCC(=O)N1CCC2(CC1)CN(C(=O)C1CCc3[nH]nnc3C1)C2. The summed E-state index contributed by atoms with van der Waals surface area (Å²) in [5, 5.41) is 11.6. The third-order valence-corrected chi connectivity index (χ3v) is 7.96. The molecule has 5 rings (SSSR count). The predicted molar refractivity (Wildman–Crippen MR) is 128 cm³/mol. The number of hydrogen-bond acceptors (Lipinski definition) is 5. The van der Waals surface area contributed by atoms with Gasteiger partial charge in [0.1, 0.15) is 5.75 Å². The molecule has 1 aromatic heterocycles. The van der Waals surface area contributed by atoms with Crippen LogP contribution >= 0.6 is 11.6 Å². The van der Waals surface area contributed by atoms with Crippen molar-refractivity contribution in [1.82, 2.24) is 25.2 Å². The van der Waals surface area contributed by atoms with Crippen LogP contribution in [-0.4, -0.2) is 69.8 Å². The van der Waals surface area contributed by atoms with Crippen molar-refractivity contribution in [3.63, 3.8) is 0 Å². The molecular formula is C25H32ClN5O3. The van der Waals surface area contributed by atoms with Crippen LogP contribution in [0.15, 0.2) is 18.2 Å². The highest BCUT2D eigenvalue weighted by Crippen LogP contribution is 2.42. The van der Waals surface area contributed by atoms with E-state index in [1.807, 2.05) is 21.9 Å². The van der Waals surface area contributed by atoms with Crippen molar-refractivity contribution in [2.75, 3.05) is 32.8 Å². The number of aryl methyl sites for hydroxylation is 1. The summed E-state index contributed by atoms with van der Waals surface area (Å²) in [6, 6.07) is 5.53. The van der Waals surface area contributed by atoms with Crippen molar-refractivity contribution >= 4 is 23.4 Å². The van der Waals surface area contributed by atoms with E-state index in [1.165, 1.54) is 0 Å². The van der Waals surface area contributed by atoms with E-state index in [0.717, 1.165) is 61.5 Å². The number of benzene rings is 1. The van der Waals surface area contributed by atoms with Gasteiger partial charge in [-0.2, -0.15) is 0 Å².